The van der Waals surface area contributed by atoms with Crippen LogP contribution in [0.4, 0.5) is 0 Å². The lowest BCUT2D eigenvalue weighted by Gasteiger charge is -2.22. The maximum Gasteiger partial charge on any atom is 0.0761 e. The fourth-order valence-electron chi connectivity index (χ4n) is 4.20. The van der Waals surface area contributed by atoms with E-state index in [9.17, 15) is 10.2 Å². The highest BCUT2D eigenvalue weighted by Crippen LogP contribution is 2.30. The summed E-state index contributed by atoms with van der Waals surface area (Å²) >= 11 is 0. The number of ether oxygens (including phenoxy) is 2. The van der Waals surface area contributed by atoms with Crippen molar-refractivity contribution < 1.29 is 19.7 Å². The highest BCUT2D eigenvalue weighted by molar-refractivity contribution is 4.99. The fourth-order valence-corrected chi connectivity index (χ4v) is 4.20. The second-order valence-electron chi connectivity index (χ2n) is 10.6. The molecule has 28 heavy (non-hydrogen) atoms. The van der Waals surface area contributed by atoms with Crippen LogP contribution in [0, 0.1) is 10.8 Å². The quantitative estimate of drug-likeness (QED) is 0.455. The van der Waals surface area contributed by atoms with E-state index in [1.54, 1.807) is 0 Å². The molecule has 4 nitrogen and oxygen atoms in total. The molecule has 2 rings (SSSR count). The second-order valence-corrected chi connectivity index (χ2v) is 10.6. The summed E-state index contributed by atoms with van der Waals surface area (Å²) in [5.41, 5.74) is 0.0597. The van der Waals surface area contributed by atoms with E-state index in [-0.39, 0.29) is 36.3 Å². The number of rotatable bonds is 12. The van der Waals surface area contributed by atoms with Gasteiger partial charge in [-0.15, -0.1) is 0 Å². The molecular formula is C24H44O4. The van der Waals surface area contributed by atoms with Gasteiger partial charge in [0.2, 0.25) is 0 Å². The average molecular weight is 397 g/mol. The van der Waals surface area contributed by atoms with Gasteiger partial charge in [0.25, 0.3) is 0 Å². The first-order valence-electron chi connectivity index (χ1n) is 11.4. The molecular weight excluding hydrogens is 352 g/mol. The smallest absolute Gasteiger partial charge is 0.0761 e. The zero-order chi connectivity index (χ0) is 20.6. The lowest BCUT2D eigenvalue weighted by molar-refractivity contribution is 0.0517. The molecule has 2 saturated heterocycles. The van der Waals surface area contributed by atoms with Crippen molar-refractivity contribution in [3.63, 3.8) is 0 Å². The van der Waals surface area contributed by atoms with Crippen LogP contribution in [0.25, 0.3) is 0 Å². The van der Waals surface area contributed by atoms with Crippen molar-refractivity contribution in [2.24, 2.45) is 10.8 Å². The van der Waals surface area contributed by atoms with Gasteiger partial charge >= 0.3 is 0 Å². The molecule has 0 spiro atoms. The van der Waals surface area contributed by atoms with Crippen molar-refractivity contribution in [3.05, 3.63) is 12.2 Å². The summed E-state index contributed by atoms with van der Waals surface area (Å²) in [4.78, 5) is 0. The minimum atomic E-state index is 0.0299. The molecule has 0 aromatic carbocycles. The van der Waals surface area contributed by atoms with Crippen LogP contribution < -0.4 is 0 Å². The Bertz CT molecular complexity index is 429. The Hall–Kier alpha value is -0.420. The molecule has 2 aliphatic heterocycles. The zero-order valence-corrected chi connectivity index (χ0v) is 18.7. The molecule has 2 heterocycles. The van der Waals surface area contributed by atoms with Crippen LogP contribution in [-0.4, -0.2) is 47.8 Å². The number of hydrogen-bond acceptors (Lipinski definition) is 4. The Balaban J connectivity index is 1.60. The molecule has 4 atom stereocenters. The van der Waals surface area contributed by atoms with E-state index in [2.05, 4.69) is 39.8 Å². The van der Waals surface area contributed by atoms with Gasteiger partial charge in [0.05, 0.1) is 24.4 Å². The van der Waals surface area contributed by atoms with E-state index in [1.165, 1.54) is 0 Å². The summed E-state index contributed by atoms with van der Waals surface area (Å²) in [7, 11) is 0. The number of hydrogen-bond donors (Lipinski definition) is 2. The molecule has 0 aromatic rings. The van der Waals surface area contributed by atoms with Crippen molar-refractivity contribution in [3.8, 4) is 0 Å². The van der Waals surface area contributed by atoms with Crippen LogP contribution in [0.15, 0.2) is 12.2 Å². The van der Waals surface area contributed by atoms with Crippen LogP contribution in [0.2, 0.25) is 0 Å². The predicted octanol–water partition coefficient (Wildman–Crippen LogP) is 5.02. The summed E-state index contributed by atoms with van der Waals surface area (Å²) in [5.74, 6) is 0. The standard InChI is InChI=1S/C24H44O4/c1-23(2,17-25)15-5-7-19-9-11-21(27-19)13-14-22-12-10-20(28-22)8-6-16-24(3,4)18-26/h13-14,19-22,25-26H,5-12,15-18H2,1-4H3/b14-13-. The molecule has 0 bridgehead atoms. The van der Waals surface area contributed by atoms with Crippen LogP contribution in [0.3, 0.4) is 0 Å². The fraction of sp³-hybridized carbons (Fsp3) is 0.917. The molecule has 2 fully saturated rings. The topological polar surface area (TPSA) is 58.9 Å². The van der Waals surface area contributed by atoms with Gasteiger partial charge < -0.3 is 19.7 Å². The van der Waals surface area contributed by atoms with Gasteiger partial charge in [-0.2, -0.15) is 0 Å². The van der Waals surface area contributed by atoms with Crippen molar-refractivity contribution in [1.29, 1.82) is 0 Å². The molecule has 0 saturated carbocycles. The average Bonchev–Trinajstić information content (AvgIpc) is 3.29. The second kappa shape index (κ2) is 11.1. The molecule has 0 radical (unpaired) electrons. The molecule has 0 aromatic heterocycles. The maximum atomic E-state index is 9.35. The van der Waals surface area contributed by atoms with E-state index < -0.39 is 0 Å². The van der Waals surface area contributed by atoms with E-state index in [4.69, 9.17) is 9.47 Å². The molecule has 0 aliphatic carbocycles. The maximum absolute atomic E-state index is 9.35. The summed E-state index contributed by atoms with van der Waals surface area (Å²) < 4.78 is 12.4. The van der Waals surface area contributed by atoms with Gasteiger partial charge in [0.15, 0.2) is 0 Å². The van der Waals surface area contributed by atoms with Gasteiger partial charge in [0, 0.05) is 13.2 Å². The monoisotopic (exact) mass is 396 g/mol. The Morgan fingerprint density at radius 1 is 0.714 bits per heavy atom. The Morgan fingerprint density at radius 2 is 1.11 bits per heavy atom. The summed E-state index contributed by atoms with van der Waals surface area (Å²) in [6.07, 6.45) is 16.7. The normalized spacial score (nSPS) is 29.2. The van der Waals surface area contributed by atoms with Crippen LogP contribution >= 0.6 is 0 Å². The molecule has 4 heteroatoms. The first-order chi connectivity index (χ1) is 13.2. The number of aliphatic hydroxyl groups excluding tert-OH is 2. The molecule has 2 aliphatic rings. The summed E-state index contributed by atoms with van der Waals surface area (Å²) in [5, 5.41) is 18.7. The van der Waals surface area contributed by atoms with Crippen molar-refractivity contribution >= 4 is 0 Å². The third-order valence-electron chi connectivity index (χ3n) is 6.44. The molecule has 4 unspecified atom stereocenters. The summed E-state index contributed by atoms with van der Waals surface area (Å²) in [6.45, 7) is 9.00. The van der Waals surface area contributed by atoms with Gasteiger partial charge in [-0.25, -0.2) is 0 Å². The predicted molar refractivity (Wildman–Crippen MR) is 114 cm³/mol. The van der Waals surface area contributed by atoms with Crippen LogP contribution in [0.5, 0.6) is 0 Å². The van der Waals surface area contributed by atoms with Gasteiger partial charge in [-0.1, -0.05) is 52.7 Å². The van der Waals surface area contributed by atoms with Crippen molar-refractivity contribution in [2.45, 2.75) is 116 Å². The lowest BCUT2D eigenvalue weighted by atomic mass is 9.87. The van der Waals surface area contributed by atoms with Gasteiger partial charge in [-0.05, 0) is 62.2 Å². The van der Waals surface area contributed by atoms with Crippen LogP contribution in [0.1, 0.15) is 91.9 Å². The molecule has 0 amide bonds. The first kappa shape index (κ1) is 23.9. The Kier molecular flexibility index (Phi) is 9.46. The third kappa shape index (κ3) is 8.52. The molecule has 164 valence electrons. The van der Waals surface area contributed by atoms with E-state index >= 15 is 0 Å². The summed E-state index contributed by atoms with van der Waals surface area (Å²) in [6, 6.07) is 0. The van der Waals surface area contributed by atoms with E-state index in [1.807, 2.05) is 0 Å². The van der Waals surface area contributed by atoms with Gasteiger partial charge in [-0.3, -0.25) is 0 Å². The van der Waals surface area contributed by atoms with Crippen LogP contribution in [-0.2, 0) is 9.47 Å². The zero-order valence-electron chi connectivity index (χ0n) is 18.7. The van der Waals surface area contributed by atoms with E-state index in [0.717, 1.165) is 64.2 Å². The minimum absolute atomic E-state index is 0.0299. The molecule has 2 N–H and O–H groups in total. The van der Waals surface area contributed by atoms with Crippen molar-refractivity contribution in [2.75, 3.05) is 13.2 Å². The minimum Gasteiger partial charge on any atom is -0.396 e. The Labute approximate surface area is 172 Å². The van der Waals surface area contributed by atoms with E-state index in [0.29, 0.717) is 12.2 Å². The SMILES string of the molecule is CC(C)(CO)CCCC1CCC(/C=C\C2CCC(CCCC(C)(C)CO)O2)O1. The third-order valence-corrected chi connectivity index (χ3v) is 6.44. The van der Waals surface area contributed by atoms with Gasteiger partial charge in [0.1, 0.15) is 0 Å². The highest BCUT2D eigenvalue weighted by atomic mass is 16.5. The number of aliphatic hydroxyl groups is 2. The lowest BCUT2D eigenvalue weighted by Crippen LogP contribution is -2.18. The first-order valence-corrected chi connectivity index (χ1v) is 11.4. The largest absolute Gasteiger partial charge is 0.396 e. The highest BCUT2D eigenvalue weighted by Gasteiger charge is 2.27. The van der Waals surface area contributed by atoms with Crippen molar-refractivity contribution in [1.82, 2.24) is 0 Å². The Morgan fingerprint density at radius 3 is 1.46 bits per heavy atom.